The lowest BCUT2D eigenvalue weighted by Gasteiger charge is -2.29. The van der Waals surface area contributed by atoms with Crippen LogP contribution in [0.25, 0.3) is 5.69 Å². The molecule has 0 spiro atoms. The number of hydrogen-bond donors (Lipinski definition) is 1. The molecule has 5 nitrogen and oxygen atoms in total. The molecule has 0 bridgehead atoms. The first kappa shape index (κ1) is 16.3. The molecule has 5 heteroatoms. The molecule has 1 atom stereocenters. The first-order valence-electron chi connectivity index (χ1n) is 9.34. The highest BCUT2D eigenvalue weighted by molar-refractivity contribution is 5.94. The number of carbonyl (C=O) groups excluding carboxylic acids is 1. The second kappa shape index (κ2) is 6.64. The van der Waals surface area contributed by atoms with E-state index in [0.29, 0.717) is 18.8 Å². The van der Waals surface area contributed by atoms with Crippen molar-refractivity contribution in [1.82, 2.24) is 14.7 Å². The highest BCUT2D eigenvalue weighted by atomic mass is 16.3. The van der Waals surface area contributed by atoms with E-state index in [-0.39, 0.29) is 5.91 Å². The molecule has 0 saturated carbocycles. The van der Waals surface area contributed by atoms with Crippen LogP contribution in [0.5, 0.6) is 0 Å². The summed E-state index contributed by atoms with van der Waals surface area (Å²) in [6.45, 7) is 3.28. The van der Waals surface area contributed by atoms with Gasteiger partial charge in [-0.2, -0.15) is 5.10 Å². The first-order valence-corrected chi connectivity index (χ1v) is 9.34. The topological polar surface area (TPSA) is 58.4 Å². The predicted octanol–water partition coefficient (Wildman–Crippen LogP) is 2.52. The molecule has 132 valence electrons. The van der Waals surface area contributed by atoms with E-state index in [2.05, 4.69) is 31.2 Å². The van der Waals surface area contributed by atoms with E-state index < -0.39 is 6.10 Å². The molecular weight excluding hydrogens is 314 g/mol. The third-order valence-electron chi connectivity index (χ3n) is 5.41. The molecule has 2 aromatic rings. The number of nitrogens with zero attached hydrogens (tertiary/aromatic N) is 3. The maximum atomic E-state index is 13.0. The van der Waals surface area contributed by atoms with Gasteiger partial charge in [0.15, 0.2) is 5.69 Å². The Morgan fingerprint density at radius 2 is 2.04 bits per heavy atom. The Morgan fingerprint density at radius 3 is 2.76 bits per heavy atom. The van der Waals surface area contributed by atoms with Gasteiger partial charge in [-0.05, 0) is 56.2 Å². The van der Waals surface area contributed by atoms with E-state index in [9.17, 15) is 9.90 Å². The molecular formula is C20H25N3O2. The minimum absolute atomic E-state index is 0.0270. The van der Waals surface area contributed by atoms with E-state index in [0.717, 1.165) is 49.8 Å². The SMILES string of the molecule is CCc1ccc(-n2nc(C(=O)N3CCCC(O)C3)c3c2CCC3)cc1. The number of hydrogen-bond acceptors (Lipinski definition) is 3. The van der Waals surface area contributed by atoms with Crippen molar-refractivity contribution < 1.29 is 9.90 Å². The second-order valence-electron chi connectivity index (χ2n) is 7.11. The Balaban J connectivity index is 1.68. The molecule has 1 aromatic heterocycles. The standard InChI is InChI=1S/C20H25N3O2/c1-2-14-8-10-15(11-9-14)23-18-7-3-6-17(18)19(21-23)20(25)22-12-4-5-16(24)13-22/h8-11,16,24H,2-7,12-13H2,1H3. The molecule has 1 fully saturated rings. The molecule has 2 aliphatic rings. The summed E-state index contributed by atoms with van der Waals surface area (Å²) >= 11 is 0. The average molecular weight is 339 g/mol. The van der Waals surface area contributed by atoms with Gasteiger partial charge >= 0.3 is 0 Å². The number of rotatable bonds is 3. The number of piperidine rings is 1. The van der Waals surface area contributed by atoms with Gasteiger partial charge in [-0.15, -0.1) is 0 Å². The number of amides is 1. The Morgan fingerprint density at radius 1 is 1.24 bits per heavy atom. The van der Waals surface area contributed by atoms with E-state index in [1.54, 1.807) is 4.90 Å². The van der Waals surface area contributed by atoms with Crippen LogP contribution in [0.1, 0.15) is 53.5 Å². The molecule has 4 rings (SSSR count). The summed E-state index contributed by atoms with van der Waals surface area (Å²) in [6.07, 6.45) is 5.19. The molecule has 25 heavy (non-hydrogen) atoms. The fourth-order valence-electron chi connectivity index (χ4n) is 3.98. The average Bonchev–Trinajstić information content (AvgIpc) is 3.24. The number of likely N-dealkylation sites (tertiary alicyclic amines) is 1. The van der Waals surface area contributed by atoms with Crippen molar-refractivity contribution in [2.24, 2.45) is 0 Å². The summed E-state index contributed by atoms with van der Waals surface area (Å²) < 4.78 is 1.95. The van der Waals surface area contributed by atoms with Crippen molar-refractivity contribution in [1.29, 1.82) is 0 Å². The summed E-state index contributed by atoms with van der Waals surface area (Å²) in [5, 5.41) is 14.6. The molecule has 1 unspecified atom stereocenters. The van der Waals surface area contributed by atoms with Crippen LogP contribution in [-0.4, -0.2) is 44.9 Å². The van der Waals surface area contributed by atoms with Crippen LogP contribution in [0.2, 0.25) is 0 Å². The molecule has 1 aliphatic heterocycles. The zero-order valence-corrected chi connectivity index (χ0v) is 14.7. The maximum absolute atomic E-state index is 13.0. The fourth-order valence-corrected chi connectivity index (χ4v) is 3.98. The largest absolute Gasteiger partial charge is 0.391 e. The Bertz CT molecular complexity index is 779. The number of aliphatic hydroxyl groups is 1. The van der Waals surface area contributed by atoms with E-state index >= 15 is 0 Å². The highest BCUT2D eigenvalue weighted by Crippen LogP contribution is 2.29. The smallest absolute Gasteiger partial charge is 0.274 e. The van der Waals surface area contributed by atoms with Gasteiger partial charge in [0.1, 0.15) is 0 Å². The lowest BCUT2D eigenvalue weighted by Crippen LogP contribution is -2.42. The fraction of sp³-hybridized carbons (Fsp3) is 0.500. The van der Waals surface area contributed by atoms with E-state index in [4.69, 9.17) is 5.10 Å². The maximum Gasteiger partial charge on any atom is 0.274 e. The van der Waals surface area contributed by atoms with Crippen molar-refractivity contribution in [2.75, 3.05) is 13.1 Å². The van der Waals surface area contributed by atoms with Crippen LogP contribution < -0.4 is 0 Å². The summed E-state index contributed by atoms with van der Waals surface area (Å²) in [6, 6.07) is 8.42. The Kier molecular flexibility index (Phi) is 4.34. The normalized spacial score (nSPS) is 19.9. The minimum atomic E-state index is -0.408. The van der Waals surface area contributed by atoms with Gasteiger partial charge in [0.05, 0.1) is 11.8 Å². The lowest BCUT2D eigenvalue weighted by molar-refractivity contribution is 0.0467. The number of aryl methyl sites for hydroxylation is 1. The number of benzene rings is 1. The van der Waals surface area contributed by atoms with Gasteiger partial charge < -0.3 is 10.0 Å². The summed E-state index contributed by atoms with van der Waals surface area (Å²) in [7, 11) is 0. The van der Waals surface area contributed by atoms with Crippen molar-refractivity contribution in [3.63, 3.8) is 0 Å². The summed E-state index contributed by atoms with van der Waals surface area (Å²) in [5.74, 6) is -0.0270. The third-order valence-corrected chi connectivity index (χ3v) is 5.41. The molecule has 2 heterocycles. The molecule has 1 aromatic carbocycles. The van der Waals surface area contributed by atoms with Crippen molar-refractivity contribution in [3.8, 4) is 5.69 Å². The van der Waals surface area contributed by atoms with E-state index in [1.165, 1.54) is 11.3 Å². The number of aliphatic hydroxyl groups excluding tert-OH is 1. The molecule has 1 aliphatic carbocycles. The van der Waals surface area contributed by atoms with Gasteiger partial charge in [0.25, 0.3) is 5.91 Å². The second-order valence-corrected chi connectivity index (χ2v) is 7.11. The molecule has 1 saturated heterocycles. The van der Waals surface area contributed by atoms with Crippen LogP contribution in [0, 0.1) is 0 Å². The lowest BCUT2D eigenvalue weighted by atomic mass is 10.1. The first-order chi connectivity index (χ1) is 12.2. The summed E-state index contributed by atoms with van der Waals surface area (Å²) in [4.78, 5) is 14.8. The van der Waals surface area contributed by atoms with Crippen molar-refractivity contribution >= 4 is 5.91 Å². The van der Waals surface area contributed by atoms with E-state index in [1.807, 2.05) is 4.68 Å². The van der Waals surface area contributed by atoms with Crippen LogP contribution in [0.4, 0.5) is 0 Å². The van der Waals surface area contributed by atoms with Crippen molar-refractivity contribution in [2.45, 2.75) is 51.6 Å². The van der Waals surface area contributed by atoms with Gasteiger partial charge in [-0.25, -0.2) is 4.68 Å². The molecule has 1 N–H and O–H groups in total. The quantitative estimate of drug-likeness (QED) is 0.935. The Labute approximate surface area is 148 Å². The number of aromatic nitrogens is 2. The minimum Gasteiger partial charge on any atom is -0.391 e. The predicted molar refractivity (Wildman–Crippen MR) is 96.1 cm³/mol. The van der Waals surface area contributed by atoms with Crippen molar-refractivity contribution in [3.05, 3.63) is 46.8 Å². The zero-order valence-electron chi connectivity index (χ0n) is 14.7. The van der Waals surface area contributed by atoms with Gasteiger partial charge in [0.2, 0.25) is 0 Å². The number of β-amino-alcohol motifs (C(OH)–C–C–N with tert-alkyl or cyclic N) is 1. The van der Waals surface area contributed by atoms with Gasteiger partial charge in [-0.3, -0.25) is 4.79 Å². The van der Waals surface area contributed by atoms with Crippen LogP contribution >= 0.6 is 0 Å². The van der Waals surface area contributed by atoms with Crippen LogP contribution in [-0.2, 0) is 19.3 Å². The van der Waals surface area contributed by atoms with Gasteiger partial charge in [0, 0.05) is 24.3 Å². The zero-order chi connectivity index (χ0) is 17.4. The van der Waals surface area contributed by atoms with Crippen LogP contribution in [0.3, 0.4) is 0 Å². The third kappa shape index (κ3) is 2.97. The highest BCUT2D eigenvalue weighted by Gasteiger charge is 2.31. The van der Waals surface area contributed by atoms with Gasteiger partial charge in [-0.1, -0.05) is 19.1 Å². The molecule has 1 amide bonds. The monoisotopic (exact) mass is 339 g/mol. The Hall–Kier alpha value is -2.14. The van der Waals surface area contributed by atoms with Crippen LogP contribution in [0.15, 0.2) is 24.3 Å². The number of carbonyl (C=O) groups is 1. The number of fused-ring (bicyclic) bond motifs is 1. The molecule has 0 radical (unpaired) electrons. The summed E-state index contributed by atoms with van der Waals surface area (Å²) in [5.41, 5.74) is 5.18.